The molecule has 0 amide bonds. The first-order chi connectivity index (χ1) is 8.35. The van der Waals surface area contributed by atoms with E-state index in [-0.39, 0.29) is 11.5 Å². The molecule has 5 heteroatoms. The van der Waals surface area contributed by atoms with E-state index in [2.05, 4.69) is 12.3 Å². The molecule has 1 saturated carbocycles. The number of hydrazine groups is 1. The second-order valence-corrected chi connectivity index (χ2v) is 5.28. The highest BCUT2D eigenvalue weighted by atomic mass is 19.4. The molecule has 0 saturated heterocycles. The Labute approximate surface area is 104 Å². The maximum atomic E-state index is 12.6. The Morgan fingerprint density at radius 2 is 2.06 bits per heavy atom. The van der Waals surface area contributed by atoms with Gasteiger partial charge in [-0.25, -0.2) is 0 Å². The van der Waals surface area contributed by atoms with Crippen LogP contribution in [0.15, 0.2) is 24.3 Å². The van der Waals surface area contributed by atoms with Crippen LogP contribution in [0.3, 0.4) is 0 Å². The quantitative estimate of drug-likeness (QED) is 0.643. The summed E-state index contributed by atoms with van der Waals surface area (Å²) < 4.78 is 37.8. The molecular weight excluding hydrogens is 241 g/mol. The Hall–Kier alpha value is -1.07. The zero-order valence-electron chi connectivity index (χ0n) is 10.2. The lowest BCUT2D eigenvalue weighted by molar-refractivity contribution is -0.137. The average molecular weight is 258 g/mol. The van der Waals surface area contributed by atoms with Gasteiger partial charge in [-0.3, -0.25) is 11.3 Å². The van der Waals surface area contributed by atoms with Crippen LogP contribution in [0.25, 0.3) is 0 Å². The van der Waals surface area contributed by atoms with E-state index in [0.29, 0.717) is 12.0 Å². The van der Waals surface area contributed by atoms with Crippen molar-refractivity contribution in [3.63, 3.8) is 0 Å². The standard InChI is InChI=1S/C13H17F3N2/c1-12(5-6-12)11(18-17)8-9-3-2-4-10(7-9)13(14,15)16/h2-4,7,11,18H,5-6,8,17H2,1H3. The Balaban J connectivity index is 2.14. The second kappa shape index (κ2) is 4.55. The summed E-state index contributed by atoms with van der Waals surface area (Å²) in [6.45, 7) is 2.10. The summed E-state index contributed by atoms with van der Waals surface area (Å²) in [6.07, 6.45) is -1.62. The third kappa shape index (κ3) is 2.84. The molecule has 0 radical (unpaired) electrons. The largest absolute Gasteiger partial charge is 0.416 e. The van der Waals surface area contributed by atoms with E-state index in [0.717, 1.165) is 18.9 Å². The van der Waals surface area contributed by atoms with Gasteiger partial charge in [0.15, 0.2) is 0 Å². The van der Waals surface area contributed by atoms with Gasteiger partial charge in [0.2, 0.25) is 0 Å². The van der Waals surface area contributed by atoms with Crippen LogP contribution in [0.5, 0.6) is 0 Å². The average Bonchev–Trinajstić information content (AvgIpc) is 3.04. The van der Waals surface area contributed by atoms with Crippen molar-refractivity contribution in [3.05, 3.63) is 35.4 Å². The lowest BCUT2D eigenvalue weighted by Crippen LogP contribution is -2.42. The summed E-state index contributed by atoms with van der Waals surface area (Å²) in [6, 6.07) is 5.48. The molecule has 0 bridgehead atoms. The number of nitrogens with two attached hydrogens (primary N) is 1. The van der Waals surface area contributed by atoms with Crippen molar-refractivity contribution in [2.45, 2.75) is 38.4 Å². The van der Waals surface area contributed by atoms with Gasteiger partial charge < -0.3 is 0 Å². The molecule has 2 nitrogen and oxygen atoms in total. The maximum absolute atomic E-state index is 12.6. The highest BCUT2D eigenvalue weighted by molar-refractivity contribution is 5.27. The normalized spacial score (nSPS) is 19.6. The van der Waals surface area contributed by atoms with Gasteiger partial charge in [0.25, 0.3) is 0 Å². The summed E-state index contributed by atoms with van der Waals surface area (Å²) in [5.41, 5.74) is 2.93. The van der Waals surface area contributed by atoms with Gasteiger partial charge in [-0.05, 0) is 36.3 Å². The molecule has 3 N–H and O–H groups in total. The molecule has 1 unspecified atom stereocenters. The topological polar surface area (TPSA) is 38.0 Å². The molecule has 1 fully saturated rings. The first-order valence-corrected chi connectivity index (χ1v) is 5.97. The summed E-state index contributed by atoms with van der Waals surface area (Å²) in [5, 5.41) is 0. The second-order valence-electron chi connectivity index (χ2n) is 5.28. The maximum Gasteiger partial charge on any atom is 0.416 e. The molecule has 1 aromatic carbocycles. The highest BCUT2D eigenvalue weighted by Crippen LogP contribution is 2.48. The SMILES string of the molecule is CC1(C(Cc2cccc(C(F)(F)F)c2)NN)CC1. The molecule has 1 atom stereocenters. The van der Waals surface area contributed by atoms with Crippen LogP contribution in [-0.2, 0) is 12.6 Å². The van der Waals surface area contributed by atoms with E-state index in [1.54, 1.807) is 6.07 Å². The fourth-order valence-corrected chi connectivity index (χ4v) is 2.16. The summed E-state index contributed by atoms with van der Waals surface area (Å²) >= 11 is 0. The monoisotopic (exact) mass is 258 g/mol. The van der Waals surface area contributed by atoms with Crippen molar-refractivity contribution in [1.29, 1.82) is 0 Å². The molecule has 0 heterocycles. The van der Waals surface area contributed by atoms with Crippen LogP contribution in [0.2, 0.25) is 0 Å². The van der Waals surface area contributed by atoms with E-state index < -0.39 is 11.7 Å². The third-order valence-corrected chi connectivity index (χ3v) is 3.78. The van der Waals surface area contributed by atoms with Crippen LogP contribution in [-0.4, -0.2) is 6.04 Å². The minimum Gasteiger partial charge on any atom is -0.271 e. The summed E-state index contributed by atoms with van der Waals surface area (Å²) in [4.78, 5) is 0. The molecule has 1 aromatic rings. The first-order valence-electron chi connectivity index (χ1n) is 5.97. The van der Waals surface area contributed by atoms with Crippen LogP contribution in [0.1, 0.15) is 30.9 Å². The fraction of sp³-hybridized carbons (Fsp3) is 0.538. The first kappa shape index (κ1) is 13.4. The zero-order chi connectivity index (χ0) is 13.4. The Bertz CT molecular complexity index is 424. The van der Waals surface area contributed by atoms with E-state index in [4.69, 9.17) is 5.84 Å². The summed E-state index contributed by atoms with van der Waals surface area (Å²) in [7, 11) is 0. The highest BCUT2D eigenvalue weighted by Gasteiger charge is 2.44. The molecule has 18 heavy (non-hydrogen) atoms. The Morgan fingerprint density at radius 3 is 2.56 bits per heavy atom. The molecule has 0 spiro atoms. The van der Waals surface area contributed by atoms with Crippen molar-refractivity contribution >= 4 is 0 Å². The fourth-order valence-electron chi connectivity index (χ4n) is 2.16. The predicted molar refractivity (Wildman–Crippen MR) is 63.6 cm³/mol. The van der Waals surface area contributed by atoms with E-state index in [1.165, 1.54) is 12.1 Å². The predicted octanol–water partition coefficient (Wildman–Crippen LogP) is 2.88. The molecular formula is C13H17F3N2. The molecule has 0 aromatic heterocycles. The van der Waals surface area contributed by atoms with Gasteiger partial charge in [-0.15, -0.1) is 0 Å². The lowest BCUT2D eigenvalue weighted by Gasteiger charge is -2.23. The van der Waals surface area contributed by atoms with E-state index in [9.17, 15) is 13.2 Å². The molecule has 100 valence electrons. The molecule has 1 aliphatic carbocycles. The molecule has 1 aliphatic rings. The smallest absolute Gasteiger partial charge is 0.271 e. The third-order valence-electron chi connectivity index (χ3n) is 3.78. The minimum absolute atomic E-state index is 0.0287. The van der Waals surface area contributed by atoms with Gasteiger partial charge in [-0.2, -0.15) is 13.2 Å². The van der Waals surface area contributed by atoms with Crippen LogP contribution >= 0.6 is 0 Å². The number of alkyl halides is 3. The minimum atomic E-state index is -4.29. The molecule has 0 aliphatic heterocycles. The number of hydrogen-bond acceptors (Lipinski definition) is 2. The lowest BCUT2D eigenvalue weighted by atomic mass is 9.92. The van der Waals surface area contributed by atoms with Gasteiger partial charge in [0.1, 0.15) is 0 Å². The van der Waals surface area contributed by atoms with Crippen LogP contribution in [0, 0.1) is 5.41 Å². The molecule has 2 rings (SSSR count). The van der Waals surface area contributed by atoms with Gasteiger partial charge in [0.05, 0.1) is 5.56 Å². The van der Waals surface area contributed by atoms with Crippen LogP contribution < -0.4 is 11.3 Å². The van der Waals surface area contributed by atoms with Crippen molar-refractivity contribution in [2.75, 3.05) is 0 Å². The van der Waals surface area contributed by atoms with E-state index >= 15 is 0 Å². The van der Waals surface area contributed by atoms with Crippen molar-refractivity contribution < 1.29 is 13.2 Å². The number of nitrogens with one attached hydrogen (secondary N) is 1. The van der Waals surface area contributed by atoms with Gasteiger partial charge in [-0.1, -0.05) is 25.1 Å². The number of benzene rings is 1. The van der Waals surface area contributed by atoms with Gasteiger partial charge >= 0.3 is 6.18 Å². The summed E-state index contributed by atoms with van der Waals surface area (Å²) in [5.74, 6) is 5.50. The zero-order valence-corrected chi connectivity index (χ0v) is 10.2. The van der Waals surface area contributed by atoms with Crippen LogP contribution in [0.4, 0.5) is 13.2 Å². The van der Waals surface area contributed by atoms with Gasteiger partial charge in [0, 0.05) is 6.04 Å². The number of hydrogen-bond donors (Lipinski definition) is 2. The Morgan fingerprint density at radius 1 is 1.39 bits per heavy atom. The van der Waals surface area contributed by atoms with Crippen molar-refractivity contribution in [2.24, 2.45) is 11.3 Å². The Kier molecular flexibility index (Phi) is 3.38. The van der Waals surface area contributed by atoms with Crippen molar-refractivity contribution in [1.82, 2.24) is 5.43 Å². The van der Waals surface area contributed by atoms with Crippen molar-refractivity contribution in [3.8, 4) is 0 Å². The number of halogens is 3. The van der Waals surface area contributed by atoms with E-state index in [1.807, 2.05) is 0 Å². The number of rotatable bonds is 4.